The highest BCUT2D eigenvalue weighted by molar-refractivity contribution is 5.94. The lowest BCUT2D eigenvalue weighted by atomic mass is 10.1. The molecule has 1 aromatic heterocycles. The largest absolute Gasteiger partial charge is 0.339 e. The number of aromatic nitrogens is 2. The number of rotatable bonds is 2. The summed E-state index contributed by atoms with van der Waals surface area (Å²) >= 11 is 0. The highest BCUT2D eigenvalue weighted by atomic mass is 16.5. The molecule has 0 bridgehead atoms. The van der Waals surface area contributed by atoms with E-state index in [-0.39, 0.29) is 11.8 Å². The highest BCUT2D eigenvalue weighted by Crippen LogP contribution is 2.18. The van der Waals surface area contributed by atoms with Gasteiger partial charge in [-0.15, -0.1) is 0 Å². The first-order chi connectivity index (χ1) is 11.0. The quantitative estimate of drug-likeness (QED) is 0.836. The van der Waals surface area contributed by atoms with E-state index in [0.717, 1.165) is 5.56 Å². The minimum Gasteiger partial charge on any atom is -0.339 e. The van der Waals surface area contributed by atoms with Crippen LogP contribution in [-0.2, 0) is 4.79 Å². The van der Waals surface area contributed by atoms with E-state index in [2.05, 4.69) is 10.1 Å². The molecule has 0 N–H and O–H groups in total. The van der Waals surface area contributed by atoms with Gasteiger partial charge in [0.1, 0.15) is 0 Å². The van der Waals surface area contributed by atoms with Gasteiger partial charge in [0.25, 0.3) is 11.8 Å². The van der Waals surface area contributed by atoms with Crippen LogP contribution in [0.4, 0.5) is 0 Å². The van der Waals surface area contributed by atoms with Gasteiger partial charge in [-0.2, -0.15) is 4.98 Å². The number of hydrogen-bond acceptors (Lipinski definition) is 5. The predicted molar refractivity (Wildman–Crippen MR) is 82.6 cm³/mol. The second-order valence-corrected chi connectivity index (χ2v) is 5.52. The molecule has 1 aliphatic heterocycles. The van der Waals surface area contributed by atoms with Crippen LogP contribution in [0, 0.1) is 6.92 Å². The Labute approximate surface area is 133 Å². The molecule has 0 radical (unpaired) electrons. The summed E-state index contributed by atoms with van der Waals surface area (Å²) in [5.74, 6) is 1.04. The number of carbonyl (C=O) groups is 2. The molecule has 7 nitrogen and oxygen atoms in total. The second-order valence-electron chi connectivity index (χ2n) is 5.52. The standard InChI is InChI=1S/C16H18N4O3/c1-11-17-15(23-18-11)13-3-5-14(6-4-13)16(22)20-9-7-19(8-10-20)12(2)21/h3-6H,7-10H2,1-2H3. The summed E-state index contributed by atoms with van der Waals surface area (Å²) in [6, 6.07) is 7.11. The van der Waals surface area contributed by atoms with Crippen LogP contribution in [0.5, 0.6) is 0 Å². The summed E-state index contributed by atoms with van der Waals surface area (Å²) in [7, 11) is 0. The Bertz CT molecular complexity index is 715. The molecule has 120 valence electrons. The maximum absolute atomic E-state index is 12.5. The van der Waals surface area contributed by atoms with Crippen LogP contribution < -0.4 is 0 Å². The first kappa shape index (κ1) is 15.2. The third-order valence-electron chi connectivity index (χ3n) is 3.92. The summed E-state index contributed by atoms with van der Waals surface area (Å²) < 4.78 is 5.11. The Morgan fingerprint density at radius 2 is 1.65 bits per heavy atom. The molecule has 1 saturated heterocycles. The Morgan fingerprint density at radius 1 is 1.04 bits per heavy atom. The molecule has 2 amide bonds. The fourth-order valence-corrected chi connectivity index (χ4v) is 2.58. The number of carbonyl (C=O) groups excluding carboxylic acids is 2. The number of benzene rings is 1. The van der Waals surface area contributed by atoms with Crippen LogP contribution in [0.25, 0.3) is 11.5 Å². The lowest BCUT2D eigenvalue weighted by molar-refractivity contribution is -0.130. The normalized spacial score (nSPS) is 14.9. The molecule has 0 atom stereocenters. The first-order valence-electron chi connectivity index (χ1n) is 7.50. The van der Waals surface area contributed by atoms with E-state index in [1.165, 1.54) is 0 Å². The van der Waals surface area contributed by atoms with Crippen molar-refractivity contribution in [2.75, 3.05) is 26.2 Å². The SMILES string of the molecule is CC(=O)N1CCN(C(=O)c2ccc(-c3nc(C)no3)cc2)CC1. The van der Waals surface area contributed by atoms with Gasteiger partial charge >= 0.3 is 0 Å². The molecule has 0 saturated carbocycles. The molecule has 7 heteroatoms. The van der Waals surface area contributed by atoms with Gasteiger partial charge in [0.2, 0.25) is 5.91 Å². The van der Waals surface area contributed by atoms with Crippen molar-refractivity contribution >= 4 is 11.8 Å². The molecular weight excluding hydrogens is 296 g/mol. The van der Waals surface area contributed by atoms with Crippen LogP contribution in [0.1, 0.15) is 23.1 Å². The van der Waals surface area contributed by atoms with Gasteiger partial charge in [-0.05, 0) is 31.2 Å². The lowest BCUT2D eigenvalue weighted by Crippen LogP contribution is -2.50. The molecule has 1 aromatic carbocycles. The van der Waals surface area contributed by atoms with Crippen molar-refractivity contribution in [3.8, 4) is 11.5 Å². The van der Waals surface area contributed by atoms with Gasteiger partial charge < -0.3 is 14.3 Å². The number of hydrogen-bond donors (Lipinski definition) is 0. The van der Waals surface area contributed by atoms with E-state index >= 15 is 0 Å². The Kier molecular flexibility index (Phi) is 4.10. The zero-order valence-electron chi connectivity index (χ0n) is 13.2. The monoisotopic (exact) mass is 314 g/mol. The van der Waals surface area contributed by atoms with Gasteiger partial charge in [0.15, 0.2) is 5.82 Å². The third-order valence-corrected chi connectivity index (χ3v) is 3.92. The fourth-order valence-electron chi connectivity index (χ4n) is 2.58. The van der Waals surface area contributed by atoms with Crippen molar-refractivity contribution in [2.45, 2.75) is 13.8 Å². The molecule has 0 aliphatic carbocycles. The van der Waals surface area contributed by atoms with E-state index in [1.54, 1.807) is 47.9 Å². The predicted octanol–water partition coefficient (Wildman–Crippen LogP) is 1.35. The molecule has 1 aliphatic rings. The second kappa shape index (κ2) is 6.20. The molecule has 2 heterocycles. The average molecular weight is 314 g/mol. The van der Waals surface area contributed by atoms with Crippen molar-refractivity contribution in [3.05, 3.63) is 35.7 Å². The first-order valence-corrected chi connectivity index (χ1v) is 7.50. The summed E-state index contributed by atoms with van der Waals surface area (Å²) in [6.45, 7) is 5.59. The number of piperazine rings is 1. The van der Waals surface area contributed by atoms with Crippen LogP contribution in [0.15, 0.2) is 28.8 Å². The minimum atomic E-state index is -0.0264. The van der Waals surface area contributed by atoms with E-state index in [1.807, 2.05) is 0 Å². The number of amides is 2. The zero-order chi connectivity index (χ0) is 16.4. The summed E-state index contributed by atoms with van der Waals surface area (Å²) in [5.41, 5.74) is 1.39. The molecule has 1 fully saturated rings. The smallest absolute Gasteiger partial charge is 0.257 e. The van der Waals surface area contributed by atoms with Crippen LogP contribution >= 0.6 is 0 Å². The van der Waals surface area contributed by atoms with E-state index < -0.39 is 0 Å². The molecule has 23 heavy (non-hydrogen) atoms. The Morgan fingerprint density at radius 3 is 2.17 bits per heavy atom. The molecule has 0 spiro atoms. The van der Waals surface area contributed by atoms with Gasteiger partial charge in [-0.3, -0.25) is 9.59 Å². The zero-order valence-corrected chi connectivity index (χ0v) is 13.2. The van der Waals surface area contributed by atoms with Gasteiger partial charge in [-0.1, -0.05) is 5.16 Å². The summed E-state index contributed by atoms with van der Waals surface area (Å²) in [4.78, 5) is 31.5. The molecule has 3 rings (SSSR count). The number of aryl methyl sites for hydroxylation is 1. The van der Waals surface area contributed by atoms with Crippen molar-refractivity contribution in [1.29, 1.82) is 0 Å². The summed E-state index contributed by atoms with van der Waals surface area (Å²) in [6.07, 6.45) is 0. The van der Waals surface area contributed by atoms with Crippen LogP contribution in [0.2, 0.25) is 0 Å². The van der Waals surface area contributed by atoms with Gasteiger partial charge in [0, 0.05) is 44.2 Å². The van der Waals surface area contributed by atoms with Crippen molar-refractivity contribution in [3.63, 3.8) is 0 Å². The van der Waals surface area contributed by atoms with Gasteiger partial charge in [-0.25, -0.2) is 0 Å². The molecule has 2 aromatic rings. The van der Waals surface area contributed by atoms with Crippen molar-refractivity contribution < 1.29 is 14.1 Å². The van der Waals surface area contributed by atoms with E-state index in [4.69, 9.17) is 4.52 Å². The van der Waals surface area contributed by atoms with Crippen molar-refractivity contribution in [1.82, 2.24) is 19.9 Å². The summed E-state index contributed by atoms with van der Waals surface area (Å²) in [5, 5.41) is 3.75. The van der Waals surface area contributed by atoms with Gasteiger partial charge in [0.05, 0.1) is 0 Å². The molecule has 0 unspecified atom stereocenters. The van der Waals surface area contributed by atoms with Crippen LogP contribution in [-0.4, -0.2) is 57.9 Å². The maximum Gasteiger partial charge on any atom is 0.257 e. The van der Waals surface area contributed by atoms with E-state index in [9.17, 15) is 9.59 Å². The Balaban J connectivity index is 1.68. The minimum absolute atomic E-state index is 0.0264. The third kappa shape index (κ3) is 3.23. The fraction of sp³-hybridized carbons (Fsp3) is 0.375. The maximum atomic E-state index is 12.5. The van der Waals surface area contributed by atoms with Crippen LogP contribution in [0.3, 0.4) is 0 Å². The lowest BCUT2D eigenvalue weighted by Gasteiger charge is -2.34. The average Bonchev–Trinajstić information content (AvgIpc) is 3.01. The highest BCUT2D eigenvalue weighted by Gasteiger charge is 2.23. The number of nitrogens with zero attached hydrogens (tertiary/aromatic N) is 4. The molecular formula is C16H18N4O3. The van der Waals surface area contributed by atoms with Crippen molar-refractivity contribution in [2.24, 2.45) is 0 Å². The van der Waals surface area contributed by atoms with E-state index in [0.29, 0.717) is 43.5 Å². The Hall–Kier alpha value is -2.70. The topological polar surface area (TPSA) is 79.5 Å².